The number of nitrogens with zero attached hydrogens (tertiary/aromatic N) is 3. The van der Waals surface area contributed by atoms with E-state index < -0.39 is 0 Å². The van der Waals surface area contributed by atoms with Crippen molar-refractivity contribution < 1.29 is 4.74 Å². The van der Waals surface area contributed by atoms with Gasteiger partial charge in [0.15, 0.2) is 0 Å². The van der Waals surface area contributed by atoms with Crippen molar-refractivity contribution in [3.63, 3.8) is 0 Å². The molecule has 0 saturated carbocycles. The van der Waals surface area contributed by atoms with Gasteiger partial charge in [-0.25, -0.2) is 0 Å². The largest absolute Gasteiger partial charge is 0.489 e. The van der Waals surface area contributed by atoms with E-state index in [0.29, 0.717) is 6.61 Å². The molecule has 0 aliphatic heterocycles. The lowest BCUT2D eigenvalue weighted by atomic mass is 10.2. The van der Waals surface area contributed by atoms with Gasteiger partial charge in [0.25, 0.3) is 0 Å². The van der Waals surface area contributed by atoms with Gasteiger partial charge < -0.3 is 4.74 Å². The molecular weight excluding hydrogens is 262 g/mol. The third kappa shape index (κ3) is 3.95. The van der Waals surface area contributed by atoms with Gasteiger partial charge in [-0.2, -0.15) is 5.10 Å². The molecule has 4 nitrogen and oxygen atoms in total. The van der Waals surface area contributed by atoms with Crippen LogP contribution in [0.5, 0.6) is 5.75 Å². The quantitative estimate of drug-likeness (QED) is 0.733. The molecule has 2 aromatic rings. The van der Waals surface area contributed by atoms with E-state index >= 15 is 0 Å². The summed E-state index contributed by atoms with van der Waals surface area (Å²) in [4.78, 5) is 2.17. The Kier molecular flexibility index (Phi) is 5.17. The van der Waals surface area contributed by atoms with Gasteiger partial charge in [-0.15, -0.1) is 6.58 Å². The van der Waals surface area contributed by atoms with Crippen LogP contribution >= 0.6 is 0 Å². The Hall–Kier alpha value is -2.07. The topological polar surface area (TPSA) is 30.3 Å². The number of ether oxygens (including phenoxy) is 1. The SMILES string of the molecule is C=CCN(C)C/C=C/COc1ccc2c(C)nn(C)c2c1. The first kappa shape index (κ1) is 15.3. The number of hydrogen-bond donors (Lipinski definition) is 0. The first-order valence-corrected chi connectivity index (χ1v) is 7.12. The lowest BCUT2D eigenvalue weighted by Gasteiger charge is -2.10. The Labute approximate surface area is 126 Å². The Morgan fingerprint density at radius 3 is 2.90 bits per heavy atom. The van der Waals surface area contributed by atoms with Crippen molar-refractivity contribution in [2.24, 2.45) is 7.05 Å². The van der Waals surface area contributed by atoms with Gasteiger partial charge in [0.1, 0.15) is 12.4 Å². The molecule has 1 aromatic heterocycles. The summed E-state index contributed by atoms with van der Waals surface area (Å²) in [5.41, 5.74) is 2.14. The molecule has 0 fully saturated rings. The first-order chi connectivity index (χ1) is 10.1. The molecule has 0 radical (unpaired) electrons. The molecule has 0 N–H and O–H groups in total. The molecular formula is C17H23N3O. The number of fused-ring (bicyclic) bond motifs is 1. The minimum Gasteiger partial charge on any atom is -0.489 e. The zero-order valence-electron chi connectivity index (χ0n) is 13.0. The fourth-order valence-electron chi connectivity index (χ4n) is 2.27. The molecule has 0 unspecified atom stereocenters. The van der Waals surface area contributed by atoms with Gasteiger partial charge in [0.05, 0.1) is 11.2 Å². The second-order valence-corrected chi connectivity index (χ2v) is 5.18. The molecule has 112 valence electrons. The monoisotopic (exact) mass is 285 g/mol. The Morgan fingerprint density at radius 2 is 2.14 bits per heavy atom. The molecule has 0 atom stereocenters. The molecule has 0 saturated heterocycles. The Bertz CT molecular complexity index is 643. The van der Waals surface area contributed by atoms with Crippen LogP contribution in [0, 0.1) is 6.92 Å². The second-order valence-electron chi connectivity index (χ2n) is 5.18. The van der Waals surface area contributed by atoms with Gasteiger partial charge in [-0.05, 0) is 26.1 Å². The zero-order chi connectivity index (χ0) is 15.2. The van der Waals surface area contributed by atoms with Gasteiger partial charge in [0.2, 0.25) is 0 Å². The highest BCUT2D eigenvalue weighted by atomic mass is 16.5. The maximum Gasteiger partial charge on any atom is 0.121 e. The molecule has 21 heavy (non-hydrogen) atoms. The van der Waals surface area contributed by atoms with Gasteiger partial charge in [0, 0.05) is 31.6 Å². The van der Waals surface area contributed by atoms with E-state index in [1.54, 1.807) is 0 Å². The minimum atomic E-state index is 0.574. The van der Waals surface area contributed by atoms with Crippen LogP contribution in [0.25, 0.3) is 10.9 Å². The number of benzene rings is 1. The number of rotatable bonds is 7. The van der Waals surface area contributed by atoms with Gasteiger partial charge in [-0.3, -0.25) is 9.58 Å². The van der Waals surface area contributed by atoms with E-state index in [0.717, 1.165) is 30.0 Å². The highest BCUT2D eigenvalue weighted by Gasteiger charge is 2.05. The van der Waals surface area contributed by atoms with E-state index in [9.17, 15) is 0 Å². The summed E-state index contributed by atoms with van der Waals surface area (Å²) in [6, 6.07) is 6.09. The first-order valence-electron chi connectivity index (χ1n) is 7.12. The number of aryl methyl sites for hydroxylation is 2. The summed E-state index contributed by atoms with van der Waals surface area (Å²) in [5.74, 6) is 0.870. The van der Waals surface area contributed by atoms with Crippen LogP contribution in [0.4, 0.5) is 0 Å². The van der Waals surface area contributed by atoms with Crippen LogP contribution in [0.2, 0.25) is 0 Å². The summed E-state index contributed by atoms with van der Waals surface area (Å²) >= 11 is 0. The van der Waals surface area contributed by atoms with Crippen LogP contribution in [-0.2, 0) is 7.05 Å². The third-order valence-electron chi connectivity index (χ3n) is 3.38. The van der Waals surface area contributed by atoms with Gasteiger partial charge >= 0.3 is 0 Å². The summed E-state index contributed by atoms with van der Waals surface area (Å²) in [6.07, 6.45) is 6.05. The number of aromatic nitrogens is 2. The van der Waals surface area contributed by atoms with E-state index in [1.165, 1.54) is 5.39 Å². The van der Waals surface area contributed by atoms with Crippen molar-refractivity contribution in [2.75, 3.05) is 26.7 Å². The molecule has 0 spiro atoms. The summed E-state index contributed by atoms with van der Waals surface area (Å²) < 4.78 is 7.64. The highest BCUT2D eigenvalue weighted by Crippen LogP contribution is 2.22. The van der Waals surface area contributed by atoms with E-state index in [-0.39, 0.29) is 0 Å². The van der Waals surface area contributed by atoms with E-state index in [1.807, 2.05) is 42.9 Å². The average molecular weight is 285 g/mol. The van der Waals surface area contributed by atoms with Gasteiger partial charge in [-0.1, -0.05) is 18.2 Å². The van der Waals surface area contributed by atoms with Crippen LogP contribution in [0.3, 0.4) is 0 Å². The smallest absolute Gasteiger partial charge is 0.121 e. The maximum atomic E-state index is 5.75. The van der Waals surface area contributed by atoms with Crippen molar-refractivity contribution in [1.82, 2.24) is 14.7 Å². The third-order valence-corrected chi connectivity index (χ3v) is 3.38. The molecule has 2 rings (SSSR count). The highest BCUT2D eigenvalue weighted by molar-refractivity contribution is 5.83. The van der Waals surface area contributed by atoms with E-state index in [2.05, 4.69) is 35.8 Å². The number of hydrogen-bond acceptors (Lipinski definition) is 3. The molecule has 0 aliphatic carbocycles. The van der Waals surface area contributed by atoms with Crippen LogP contribution in [0.1, 0.15) is 5.69 Å². The second kappa shape index (κ2) is 7.09. The molecule has 0 bridgehead atoms. The summed E-state index contributed by atoms with van der Waals surface area (Å²) in [5, 5.41) is 5.58. The maximum absolute atomic E-state index is 5.75. The van der Waals surface area contributed by atoms with Crippen LogP contribution in [0.15, 0.2) is 43.0 Å². The fraction of sp³-hybridized carbons (Fsp3) is 0.353. The Balaban J connectivity index is 1.90. The van der Waals surface area contributed by atoms with Crippen LogP contribution < -0.4 is 4.74 Å². The van der Waals surface area contributed by atoms with Crippen molar-refractivity contribution in [3.8, 4) is 5.75 Å². The molecule has 1 heterocycles. The van der Waals surface area contributed by atoms with Crippen LogP contribution in [-0.4, -0.2) is 41.4 Å². The molecule has 1 aromatic carbocycles. The zero-order valence-corrected chi connectivity index (χ0v) is 13.0. The predicted octanol–water partition coefficient (Wildman–Crippen LogP) is 2.93. The molecule has 0 amide bonds. The molecule has 4 heteroatoms. The van der Waals surface area contributed by atoms with Crippen molar-refractivity contribution in [3.05, 3.63) is 48.7 Å². The van der Waals surface area contributed by atoms with E-state index in [4.69, 9.17) is 4.74 Å². The van der Waals surface area contributed by atoms with Crippen molar-refractivity contribution in [1.29, 1.82) is 0 Å². The lowest BCUT2D eigenvalue weighted by molar-refractivity contribution is 0.360. The number of likely N-dealkylation sites (N-methyl/N-ethyl adjacent to an activating group) is 1. The lowest BCUT2D eigenvalue weighted by Crippen LogP contribution is -2.17. The predicted molar refractivity (Wildman–Crippen MR) is 87.8 cm³/mol. The summed E-state index contributed by atoms with van der Waals surface area (Å²) in [7, 11) is 4.01. The normalized spacial score (nSPS) is 11.6. The standard InChI is InChI=1S/C17H23N3O/c1-5-10-19(3)11-6-7-12-21-15-8-9-16-14(2)18-20(4)17(16)13-15/h5-9,13H,1,10-12H2,2-4H3/b7-6+. The minimum absolute atomic E-state index is 0.574. The fourth-order valence-corrected chi connectivity index (χ4v) is 2.27. The van der Waals surface area contributed by atoms with Crippen molar-refractivity contribution >= 4 is 10.9 Å². The van der Waals surface area contributed by atoms with Crippen molar-refractivity contribution in [2.45, 2.75) is 6.92 Å². The summed E-state index contributed by atoms with van der Waals surface area (Å²) in [6.45, 7) is 8.10. The Morgan fingerprint density at radius 1 is 1.33 bits per heavy atom. The average Bonchev–Trinajstić information content (AvgIpc) is 2.74. The molecule has 0 aliphatic rings.